The van der Waals surface area contributed by atoms with Crippen molar-refractivity contribution in [3.63, 3.8) is 0 Å². The molecule has 0 fully saturated rings. The van der Waals surface area contributed by atoms with Gasteiger partial charge in [0.15, 0.2) is 16.6 Å². The van der Waals surface area contributed by atoms with Crippen LogP contribution in [0.3, 0.4) is 0 Å². The fourth-order valence-corrected chi connectivity index (χ4v) is 3.82. The van der Waals surface area contributed by atoms with Gasteiger partial charge >= 0.3 is 12.4 Å². The van der Waals surface area contributed by atoms with Gasteiger partial charge in [0.2, 0.25) is 0 Å². The van der Waals surface area contributed by atoms with Gasteiger partial charge in [0.25, 0.3) is 0 Å². The molecular formula is C22H13Cl3F6N2O2S. The van der Waals surface area contributed by atoms with E-state index in [0.717, 1.165) is 12.1 Å². The third kappa shape index (κ3) is 7.70. The minimum absolute atomic E-state index is 0.0481. The second kappa shape index (κ2) is 10.8. The number of ether oxygens (including phenoxy) is 1. The molecule has 0 aliphatic heterocycles. The van der Waals surface area contributed by atoms with Crippen LogP contribution in [0.4, 0.5) is 37.7 Å². The first-order valence-corrected chi connectivity index (χ1v) is 11.2. The number of phenolic OH excluding ortho intramolecular Hbond substituents is 1. The minimum Gasteiger partial charge on any atom is -0.504 e. The molecule has 14 heteroatoms. The van der Waals surface area contributed by atoms with E-state index < -0.39 is 29.9 Å². The quantitative estimate of drug-likeness (QED) is 0.157. The van der Waals surface area contributed by atoms with Crippen LogP contribution < -0.4 is 15.4 Å². The number of rotatable bonds is 5. The number of phenols is 1. The number of halogens is 9. The van der Waals surface area contributed by atoms with Crippen LogP contribution in [0.15, 0.2) is 48.5 Å². The Balaban J connectivity index is 1.84. The summed E-state index contributed by atoms with van der Waals surface area (Å²) in [6.07, 6.45) is -11.2. The molecule has 0 atom stereocenters. The molecule has 0 aromatic heterocycles. The number of hydrogen-bond acceptors (Lipinski definition) is 3. The molecule has 0 amide bonds. The monoisotopic (exact) mass is 588 g/mol. The maximum absolute atomic E-state index is 13.2. The molecule has 0 heterocycles. The van der Waals surface area contributed by atoms with Gasteiger partial charge in [0, 0.05) is 22.8 Å². The Morgan fingerprint density at radius 2 is 1.56 bits per heavy atom. The molecule has 0 saturated heterocycles. The predicted octanol–water partition coefficient (Wildman–Crippen LogP) is 9.08. The number of hydrogen-bond donors (Lipinski definition) is 3. The van der Waals surface area contributed by atoms with Crippen molar-refractivity contribution in [1.82, 2.24) is 0 Å². The molecule has 3 N–H and O–H groups in total. The van der Waals surface area contributed by atoms with Crippen LogP contribution in [0.25, 0.3) is 0 Å². The van der Waals surface area contributed by atoms with Crippen molar-refractivity contribution in [2.24, 2.45) is 0 Å². The molecule has 3 aromatic rings. The van der Waals surface area contributed by atoms with Crippen LogP contribution in [-0.2, 0) is 12.6 Å². The largest absolute Gasteiger partial charge is 0.504 e. The Morgan fingerprint density at radius 1 is 0.861 bits per heavy atom. The van der Waals surface area contributed by atoms with E-state index in [-0.39, 0.29) is 43.8 Å². The van der Waals surface area contributed by atoms with Gasteiger partial charge < -0.3 is 20.5 Å². The lowest BCUT2D eigenvalue weighted by molar-refractivity contribution is -0.138. The van der Waals surface area contributed by atoms with E-state index in [1.165, 1.54) is 24.3 Å². The van der Waals surface area contributed by atoms with E-state index in [1.54, 1.807) is 0 Å². The van der Waals surface area contributed by atoms with Crippen molar-refractivity contribution in [3.05, 3.63) is 74.7 Å². The number of benzene rings is 3. The molecule has 3 rings (SSSR count). The first kappa shape index (κ1) is 28.0. The standard InChI is InChI=1S/C22H13Cl3F6N2O2S/c23-12-1-2-18(15(25)6-12)35-19-8-16(14(24)7-17(19)34)33-20(36)32-13-4-10(9-21(26,27)28)3-11(5-13)22(29,30)31/h1-8,34H,9H2,(H2,32,33,36). The zero-order valence-corrected chi connectivity index (χ0v) is 20.6. The van der Waals surface area contributed by atoms with Gasteiger partial charge in [0.05, 0.1) is 27.7 Å². The van der Waals surface area contributed by atoms with E-state index in [9.17, 15) is 31.4 Å². The molecule has 0 unspecified atom stereocenters. The van der Waals surface area contributed by atoms with Crippen LogP contribution in [0, 0.1) is 0 Å². The summed E-state index contributed by atoms with van der Waals surface area (Å²) in [5.74, 6) is -0.336. The van der Waals surface area contributed by atoms with Crippen molar-refractivity contribution in [2.45, 2.75) is 18.8 Å². The molecule has 0 bridgehead atoms. The second-order valence-corrected chi connectivity index (χ2v) is 8.92. The number of alkyl halides is 6. The van der Waals surface area contributed by atoms with E-state index in [0.29, 0.717) is 17.2 Å². The maximum atomic E-state index is 13.2. The highest BCUT2D eigenvalue weighted by atomic mass is 35.5. The van der Waals surface area contributed by atoms with Crippen LogP contribution in [-0.4, -0.2) is 16.4 Å². The Morgan fingerprint density at radius 3 is 2.17 bits per heavy atom. The van der Waals surface area contributed by atoms with Crippen molar-refractivity contribution in [3.8, 4) is 17.2 Å². The minimum atomic E-state index is -4.89. The van der Waals surface area contributed by atoms with Crippen molar-refractivity contribution in [1.29, 1.82) is 0 Å². The summed E-state index contributed by atoms with van der Waals surface area (Å²) in [7, 11) is 0. The Bertz CT molecular complexity index is 1300. The average Bonchev–Trinajstić information content (AvgIpc) is 2.71. The second-order valence-electron chi connectivity index (χ2n) is 7.26. The zero-order chi connectivity index (χ0) is 26.8. The summed E-state index contributed by atoms with van der Waals surface area (Å²) in [4.78, 5) is 0. The number of thiocarbonyl (C=S) groups is 1. The van der Waals surface area contributed by atoms with E-state index in [4.69, 9.17) is 51.8 Å². The van der Waals surface area contributed by atoms with Crippen molar-refractivity contribution in [2.75, 3.05) is 10.6 Å². The number of nitrogens with one attached hydrogen (secondary N) is 2. The van der Waals surface area contributed by atoms with Gasteiger partial charge in [-0.2, -0.15) is 26.3 Å². The van der Waals surface area contributed by atoms with Crippen molar-refractivity contribution >= 4 is 63.5 Å². The molecule has 0 radical (unpaired) electrons. The Kier molecular flexibility index (Phi) is 8.39. The zero-order valence-electron chi connectivity index (χ0n) is 17.5. The van der Waals surface area contributed by atoms with Gasteiger partial charge in [0.1, 0.15) is 5.75 Å². The van der Waals surface area contributed by atoms with Crippen molar-refractivity contribution < 1.29 is 36.2 Å². The van der Waals surface area contributed by atoms with Crippen LogP contribution >= 0.6 is 47.0 Å². The molecule has 0 saturated carbocycles. The first-order chi connectivity index (χ1) is 16.6. The molecule has 0 aliphatic carbocycles. The Hall–Kier alpha value is -2.60. The highest BCUT2D eigenvalue weighted by molar-refractivity contribution is 7.80. The van der Waals surface area contributed by atoms with Gasteiger partial charge in [-0.15, -0.1) is 0 Å². The lowest BCUT2D eigenvalue weighted by Gasteiger charge is -2.17. The fraction of sp³-hybridized carbons (Fsp3) is 0.136. The van der Waals surface area contributed by atoms with Gasteiger partial charge in [-0.25, -0.2) is 0 Å². The summed E-state index contributed by atoms with van der Waals surface area (Å²) in [6, 6.07) is 8.62. The molecular weight excluding hydrogens is 577 g/mol. The van der Waals surface area contributed by atoms with Gasteiger partial charge in [-0.3, -0.25) is 0 Å². The Labute approximate surface area is 220 Å². The average molecular weight is 590 g/mol. The number of anilines is 2. The predicted molar refractivity (Wildman–Crippen MR) is 131 cm³/mol. The van der Waals surface area contributed by atoms with E-state index in [1.807, 2.05) is 0 Å². The third-order valence-electron chi connectivity index (χ3n) is 4.39. The molecule has 3 aromatic carbocycles. The molecule has 0 spiro atoms. The van der Waals surface area contributed by atoms with E-state index in [2.05, 4.69) is 10.6 Å². The fourth-order valence-electron chi connectivity index (χ4n) is 2.94. The highest BCUT2D eigenvalue weighted by Gasteiger charge is 2.33. The lowest BCUT2D eigenvalue weighted by atomic mass is 10.1. The summed E-state index contributed by atoms with van der Waals surface area (Å²) < 4.78 is 83.5. The smallest absolute Gasteiger partial charge is 0.416 e. The summed E-state index contributed by atoms with van der Waals surface area (Å²) in [5, 5.41) is 15.3. The molecule has 4 nitrogen and oxygen atoms in total. The summed E-state index contributed by atoms with van der Waals surface area (Å²) in [6.45, 7) is 0. The SMILES string of the molecule is Oc1cc(Cl)c(NC(=S)Nc2cc(CC(F)(F)F)cc(C(F)(F)F)c2)cc1Oc1ccc(Cl)cc1Cl. The topological polar surface area (TPSA) is 53.5 Å². The highest BCUT2D eigenvalue weighted by Crippen LogP contribution is 2.40. The maximum Gasteiger partial charge on any atom is 0.416 e. The van der Waals surface area contributed by atoms with Gasteiger partial charge in [-0.05, 0) is 54.2 Å². The molecule has 0 aliphatic rings. The lowest BCUT2D eigenvalue weighted by Crippen LogP contribution is -2.20. The normalized spacial score (nSPS) is 11.8. The van der Waals surface area contributed by atoms with Crippen LogP contribution in [0.5, 0.6) is 17.2 Å². The third-order valence-corrected chi connectivity index (χ3v) is 5.44. The first-order valence-electron chi connectivity index (χ1n) is 9.62. The summed E-state index contributed by atoms with van der Waals surface area (Å²) in [5.41, 5.74) is -2.16. The van der Waals surface area contributed by atoms with Crippen LogP contribution in [0.1, 0.15) is 11.1 Å². The van der Waals surface area contributed by atoms with Crippen LogP contribution in [0.2, 0.25) is 15.1 Å². The molecule has 36 heavy (non-hydrogen) atoms. The molecule has 192 valence electrons. The van der Waals surface area contributed by atoms with E-state index >= 15 is 0 Å². The number of aromatic hydroxyl groups is 1. The summed E-state index contributed by atoms with van der Waals surface area (Å²) >= 11 is 23.1. The van der Waals surface area contributed by atoms with Gasteiger partial charge in [-0.1, -0.05) is 34.8 Å².